The number of nitrogens with one attached hydrogen (secondary N) is 1. The first-order chi connectivity index (χ1) is 12.5. The van der Waals surface area contributed by atoms with E-state index in [0.717, 1.165) is 10.4 Å². The largest absolute Gasteiger partial charge is 0.298 e. The van der Waals surface area contributed by atoms with Gasteiger partial charge in [0.2, 0.25) is 5.91 Å². The number of nitrogens with zero attached hydrogens (tertiary/aromatic N) is 1. The third-order valence-electron chi connectivity index (χ3n) is 3.48. The summed E-state index contributed by atoms with van der Waals surface area (Å²) in [7, 11) is 0. The van der Waals surface area contributed by atoms with Gasteiger partial charge >= 0.3 is 0 Å². The first kappa shape index (κ1) is 18.9. The molecule has 0 unspecified atom stereocenters. The Balaban J connectivity index is 1.63. The van der Waals surface area contributed by atoms with E-state index >= 15 is 0 Å². The molecule has 3 nitrogen and oxygen atoms in total. The van der Waals surface area contributed by atoms with Crippen LogP contribution in [0.1, 0.15) is 16.0 Å². The van der Waals surface area contributed by atoms with E-state index in [4.69, 9.17) is 34.8 Å². The second-order valence-electron chi connectivity index (χ2n) is 5.39. The van der Waals surface area contributed by atoms with Crippen LogP contribution in [-0.4, -0.2) is 10.9 Å². The monoisotopic (exact) mass is 422 g/mol. The fraction of sp³-hybridized carbons (Fsp3) is 0.0526. The van der Waals surface area contributed by atoms with Crippen LogP contribution >= 0.6 is 46.1 Å². The average Bonchev–Trinajstić information content (AvgIpc) is 3.04. The van der Waals surface area contributed by atoms with E-state index in [0.29, 0.717) is 32.2 Å². The lowest BCUT2D eigenvalue weighted by Crippen LogP contribution is -2.07. The molecule has 0 spiro atoms. The highest BCUT2D eigenvalue weighted by Gasteiger charge is 2.07. The molecule has 0 saturated heterocycles. The number of hydrogen-bond donors (Lipinski definition) is 1. The molecule has 3 aromatic rings. The number of rotatable bonds is 5. The van der Waals surface area contributed by atoms with Crippen LogP contribution in [0.5, 0.6) is 0 Å². The van der Waals surface area contributed by atoms with Crippen molar-refractivity contribution in [1.29, 1.82) is 0 Å². The summed E-state index contributed by atoms with van der Waals surface area (Å²) >= 11 is 19.6. The normalized spacial score (nSPS) is 11.0. The van der Waals surface area contributed by atoms with Gasteiger partial charge in [0.05, 0.1) is 0 Å². The number of carbonyl (C=O) groups is 1. The van der Waals surface area contributed by atoms with Gasteiger partial charge < -0.3 is 0 Å². The number of carbonyl (C=O) groups excluding carboxylic acids is 1. The SMILES string of the molecule is O=C(C=Cc1cc(Cl)ccc1Cl)Nc1ncc(Cc2ccccc2Cl)s1. The molecule has 26 heavy (non-hydrogen) atoms. The quantitative estimate of drug-likeness (QED) is 0.486. The molecule has 0 aliphatic rings. The fourth-order valence-electron chi connectivity index (χ4n) is 2.23. The highest BCUT2D eigenvalue weighted by Crippen LogP contribution is 2.25. The molecule has 0 saturated carbocycles. The van der Waals surface area contributed by atoms with E-state index in [9.17, 15) is 4.79 Å². The Hall–Kier alpha value is -1.85. The lowest BCUT2D eigenvalue weighted by molar-refractivity contribution is -0.111. The smallest absolute Gasteiger partial charge is 0.250 e. The minimum absolute atomic E-state index is 0.292. The summed E-state index contributed by atoms with van der Waals surface area (Å²) in [5, 5.41) is 5.06. The molecule has 0 atom stereocenters. The molecular weight excluding hydrogens is 411 g/mol. The molecule has 0 aliphatic carbocycles. The predicted molar refractivity (Wildman–Crippen MR) is 110 cm³/mol. The molecule has 1 N–H and O–H groups in total. The lowest BCUT2D eigenvalue weighted by atomic mass is 10.1. The Morgan fingerprint density at radius 3 is 2.73 bits per heavy atom. The van der Waals surface area contributed by atoms with Crippen molar-refractivity contribution in [1.82, 2.24) is 4.98 Å². The van der Waals surface area contributed by atoms with Gasteiger partial charge in [-0.15, -0.1) is 11.3 Å². The van der Waals surface area contributed by atoms with Crippen LogP contribution in [0, 0.1) is 0 Å². The number of halogens is 3. The van der Waals surface area contributed by atoms with Crippen molar-refractivity contribution in [3.63, 3.8) is 0 Å². The maximum atomic E-state index is 12.1. The molecule has 7 heteroatoms. The van der Waals surface area contributed by atoms with Gasteiger partial charge in [0.1, 0.15) is 0 Å². The summed E-state index contributed by atoms with van der Waals surface area (Å²) in [6, 6.07) is 12.7. The Bertz CT molecular complexity index is 969. The first-order valence-electron chi connectivity index (χ1n) is 7.63. The third-order valence-corrected chi connectivity index (χ3v) is 5.34. The summed E-state index contributed by atoms with van der Waals surface area (Å²) in [4.78, 5) is 17.3. The molecule has 0 radical (unpaired) electrons. The van der Waals surface area contributed by atoms with Crippen LogP contribution in [0.2, 0.25) is 15.1 Å². The third kappa shape index (κ3) is 5.08. The lowest BCUT2D eigenvalue weighted by Gasteiger charge is -2.01. The van der Waals surface area contributed by atoms with Crippen LogP contribution in [-0.2, 0) is 11.2 Å². The van der Waals surface area contributed by atoms with Gasteiger partial charge in [0.25, 0.3) is 0 Å². The molecule has 132 valence electrons. The van der Waals surface area contributed by atoms with Crippen LogP contribution in [0.4, 0.5) is 5.13 Å². The Kier molecular flexibility index (Phi) is 6.33. The highest BCUT2D eigenvalue weighted by atomic mass is 35.5. The van der Waals surface area contributed by atoms with E-state index in [1.807, 2.05) is 24.3 Å². The van der Waals surface area contributed by atoms with Crippen molar-refractivity contribution in [3.05, 3.63) is 85.8 Å². The number of aromatic nitrogens is 1. The first-order valence-corrected chi connectivity index (χ1v) is 9.58. The fourth-order valence-corrected chi connectivity index (χ4v) is 3.63. The van der Waals surface area contributed by atoms with Crippen molar-refractivity contribution in [2.75, 3.05) is 5.32 Å². The second kappa shape index (κ2) is 8.69. The van der Waals surface area contributed by atoms with Gasteiger partial charge in [0, 0.05) is 38.6 Å². The van der Waals surface area contributed by atoms with E-state index in [-0.39, 0.29) is 5.91 Å². The van der Waals surface area contributed by atoms with Crippen molar-refractivity contribution >= 4 is 63.3 Å². The second-order valence-corrected chi connectivity index (χ2v) is 7.75. The molecule has 1 heterocycles. The molecule has 1 amide bonds. The number of amides is 1. The number of benzene rings is 2. The summed E-state index contributed by atoms with van der Waals surface area (Å²) < 4.78 is 0. The number of thiazole rings is 1. The molecule has 0 aliphatic heterocycles. The maximum absolute atomic E-state index is 12.1. The number of anilines is 1. The minimum Gasteiger partial charge on any atom is -0.298 e. The zero-order chi connectivity index (χ0) is 18.5. The highest BCUT2D eigenvalue weighted by molar-refractivity contribution is 7.15. The summed E-state index contributed by atoms with van der Waals surface area (Å²) in [5.41, 5.74) is 1.69. The zero-order valence-corrected chi connectivity index (χ0v) is 16.5. The molecular formula is C19H13Cl3N2OS. The Morgan fingerprint density at radius 1 is 1.12 bits per heavy atom. The molecule has 0 bridgehead atoms. The predicted octanol–water partition coefficient (Wildman–Crippen LogP) is 6.35. The van der Waals surface area contributed by atoms with Crippen molar-refractivity contribution < 1.29 is 4.79 Å². The standard InChI is InChI=1S/C19H13Cl3N2OS/c20-14-6-7-17(22)13(9-14)5-8-18(25)24-19-23-11-15(26-19)10-12-3-1-2-4-16(12)21/h1-9,11H,10H2,(H,23,24,25). The van der Waals surface area contributed by atoms with Gasteiger partial charge in [-0.2, -0.15) is 0 Å². The van der Waals surface area contributed by atoms with E-state index in [1.165, 1.54) is 17.4 Å². The van der Waals surface area contributed by atoms with E-state index in [2.05, 4.69) is 10.3 Å². The van der Waals surface area contributed by atoms with Gasteiger partial charge in [0.15, 0.2) is 5.13 Å². The van der Waals surface area contributed by atoms with E-state index in [1.54, 1.807) is 30.5 Å². The summed E-state index contributed by atoms with van der Waals surface area (Å²) in [6.07, 6.45) is 5.41. The van der Waals surface area contributed by atoms with Crippen LogP contribution in [0.3, 0.4) is 0 Å². The van der Waals surface area contributed by atoms with Crippen LogP contribution in [0.25, 0.3) is 6.08 Å². The summed E-state index contributed by atoms with van der Waals surface area (Å²) in [6.45, 7) is 0. The topological polar surface area (TPSA) is 42.0 Å². The van der Waals surface area contributed by atoms with Crippen molar-refractivity contribution in [2.24, 2.45) is 0 Å². The van der Waals surface area contributed by atoms with Crippen LogP contribution < -0.4 is 5.32 Å². The average molecular weight is 424 g/mol. The molecule has 1 aromatic heterocycles. The molecule has 2 aromatic carbocycles. The van der Waals surface area contributed by atoms with Gasteiger partial charge in [-0.1, -0.05) is 53.0 Å². The van der Waals surface area contributed by atoms with Gasteiger partial charge in [-0.25, -0.2) is 4.98 Å². The number of hydrogen-bond acceptors (Lipinski definition) is 3. The summed E-state index contributed by atoms with van der Waals surface area (Å²) in [5.74, 6) is -0.292. The minimum atomic E-state index is -0.292. The molecule has 0 fully saturated rings. The van der Waals surface area contributed by atoms with E-state index < -0.39 is 0 Å². The maximum Gasteiger partial charge on any atom is 0.250 e. The van der Waals surface area contributed by atoms with Crippen molar-refractivity contribution in [3.8, 4) is 0 Å². The van der Waals surface area contributed by atoms with Gasteiger partial charge in [-0.3, -0.25) is 10.1 Å². The van der Waals surface area contributed by atoms with Crippen molar-refractivity contribution in [2.45, 2.75) is 6.42 Å². The Morgan fingerprint density at radius 2 is 1.92 bits per heavy atom. The van der Waals surface area contributed by atoms with Crippen LogP contribution in [0.15, 0.2) is 54.7 Å². The zero-order valence-electron chi connectivity index (χ0n) is 13.4. The molecule has 3 rings (SSSR count). The Labute approximate surface area is 170 Å². The van der Waals surface area contributed by atoms with Gasteiger partial charge in [-0.05, 0) is 41.5 Å².